The van der Waals surface area contributed by atoms with Crippen LogP contribution in [0, 0.1) is 5.82 Å². The molecule has 0 unspecified atom stereocenters. The van der Waals surface area contributed by atoms with Gasteiger partial charge < -0.3 is 25.7 Å². The zero-order valence-electron chi connectivity index (χ0n) is 18.2. The van der Waals surface area contributed by atoms with E-state index in [9.17, 15) is 14.0 Å². The molecule has 176 valence electrons. The van der Waals surface area contributed by atoms with Gasteiger partial charge in [0.05, 0.1) is 18.8 Å². The highest BCUT2D eigenvalue weighted by Gasteiger charge is 2.43. The molecule has 10 heteroatoms. The minimum atomic E-state index is -0.300. The van der Waals surface area contributed by atoms with Crippen molar-refractivity contribution in [3.63, 3.8) is 0 Å². The third-order valence-corrected chi connectivity index (χ3v) is 6.33. The second-order valence-electron chi connectivity index (χ2n) is 8.39. The van der Waals surface area contributed by atoms with Gasteiger partial charge in [0.15, 0.2) is 5.11 Å². The van der Waals surface area contributed by atoms with Gasteiger partial charge in [-0.3, -0.25) is 14.5 Å². The average Bonchev–Trinajstić information content (AvgIpc) is 3.47. The third kappa shape index (κ3) is 6.29. The van der Waals surface area contributed by atoms with Crippen LogP contribution in [-0.2, 0) is 22.7 Å². The van der Waals surface area contributed by atoms with E-state index in [1.165, 1.54) is 12.1 Å². The number of thiocarbonyl (C=S) groups is 1. The zero-order chi connectivity index (χ0) is 23.2. The Balaban J connectivity index is 1.23. The lowest BCUT2D eigenvalue weighted by Crippen LogP contribution is -2.58. The summed E-state index contributed by atoms with van der Waals surface area (Å²) < 4.78 is 18.3. The van der Waals surface area contributed by atoms with Crippen LogP contribution in [-0.4, -0.2) is 53.0 Å². The Morgan fingerprint density at radius 3 is 2.79 bits per heavy atom. The molecule has 0 radical (unpaired) electrons. The van der Waals surface area contributed by atoms with Crippen molar-refractivity contribution in [3.8, 4) is 0 Å². The van der Waals surface area contributed by atoms with Crippen LogP contribution in [0.3, 0.4) is 0 Å². The van der Waals surface area contributed by atoms with Crippen LogP contribution in [0.5, 0.6) is 0 Å². The van der Waals surface area contributed by atoms with E-state index >= 15 is 0 Å². The summed E-state index contributed by atoms with van der Waals surface area (Å²) in [5.41, 5.74) is 0.847. The number of fused-ring (bicyclic) bond motifs is 1. The van der Waals surface area contributed by atoms with E-state index in [2.05, 4.69) is 26.2 Å². The highest BCUT2D eigenvalue weighted by atomic mass is 32.1. The fourth-order valence-electron chi connectivity index (χ4n) is 4.35. The number of nitrogens with zero attached hydrogens (tertiary/aromatic N) is 1. The Hall–Kier alpha value is -2.98. The van der Waals surface area contributed by atoms with Gasteiger partial charge in [-0.2, -0.15) is 0 Å². The van der Waals surface area contributed by atoms with Crippen LogP contribution in [0.4, 0.5) is 4.39 Å². The average molecular weight is 474 g/mol. The molecule has 2 fully saturated rings. The van der Waals surface area contributed by atoms with E-state index < -0.39 is 0 Å². The number of hydrogen-bond acceptors (Lipinski definition) is 5. The quantitative estimate of drug-likeness (QED) is 0.431. The van der Waals surface area contributed by atoms with Crippen LogP contribution < -0.4 is 21.3 Å². The standard InChI is InChI=1S/C23H28FN5O3S/c24-16-5-3-15(4-6-16)11-25-21(30)8-7-18-12-26-22(31)20-10-17(14-29(18)20)28-23(33)27-13-19-2-1-9-32-19/h1-6,9,17-18,20H,7-8,10-14H2,(H,25,30)(H,26,31)(H2,27,28,33)/t17-,18-,20+/m1/s1. The molecule has 1 aromatic carbocycles. The fraction of sp³-hybridized carbons (Fsp3) is 0.435. The molecular formula is C23H28FN5O3S. The molecule has 0 aliphatic carbocycles. The Morgan fingerprint density at radius 2 is 2.03 bits per heavy atom. The van der Waals surface area contributed by atoms with Crippen LogP contribution in [0.25, 0.3) is 0 Å². The summed E-state index contributed by atoms with van der Waals surface area (Å²) in [6.45, 7) is 2.06. The zero-order valence-corrected chi connectivity index (χ0v) is 19.0. The number of halogens is 1. The van der Waals surface area contributed by atoms with Crippen molar-refractivity contribution >= 4 is 29.1 Å². The van der Waals surface area contributed by atoms with E-state index in [4.69, 9.17) is 16.6 Å². The van der Waals surface area contributed by atoms with E-state index in [1.54, 1.807) is 18.4 Å². The number of benzene rings is 1. The topological polar surface area (TPSA) is 98.6 Å². The number of amides is 2. The lowest BCUT2D eigenvalue weighted by atomic mass is 10.0. The summed E-state index contributed by atoms with van der Waals surface area (Å²) >= 11 is 5.39. The Morgan fingerprint density at radius 1 is 1.21 bits per heavy atom. The molecule has 33 heavy (non-hydrogen) atoms. The fourth-order valence-corrected chi connectivity index (χ4v) is 4.59. The molecule has 2 amide bonds. The maximum absolute atomic E-state index is 13.0. The maximum atomic E-state index is 13.0. The predicted octanol–water partition coefficient (Wildman–Crippen LogP) is 1.42. The summed E-state index contributed by atoms with van der Waals surface area (Å²) in [6.07, 6.45) is 3.26. The number of hydrogen-bond donors (Lipinski definition) is 4. The van der Waals surface area contributed by atoms with Gasteiger partial charge in [-0.25, -0.2) is 4.39 Å². The molecule has 0 spiro atoms. The molecule has 3 atom stereocenters. The van der Waals surface area contributed by atoms with Crippen molar-refractivity contribution in [2.45, 2.75) is 50.5 Å². The van der Waals surface area contributed by atoms with Crippen LogP contribution in [0.2, 0.25) is 0 Å². The van der Waals surface area contributed by atoms with Gasteiger partial charge in [0.1, 0.15) is 11.6 Å². The van der Waals surface area contributed by atoms with Crippen molar-refractivity contribution in [3.05, 3.63) is 59.8 Å². The first-order valence-corrected chi connectivity index (χ1v) is 11.5. The number of piperazine rings is 1. The van der Waals surface area contributed by atoms with Gasteiger partial charge in [-0.05, 0) is 54.9 Å². The molecule has 0 saturated carbocycles. The predicted molar refractivity (Wildman–Crippen MR) is 124 cm³/mol. The number of rotatable bonds is 8. The van der Waals surface area contributed by atoms with Gasteiger partial charge in [-0.1, -0.05) is 12.1 Å². The maximum Gasteiger partial charge on any atom is 0.237 e. The highest BCUT2D eigenvalue weighted by Crippen LogP contribution is 2.25. The van der Waals surface area contributed by atoms with Crippen LogP contribution in [0.15, 0.2) is 47.1 Å². The van der Waals surface area contributed by atoms with Gasteiger partial charge in [0.2, 0.25) is 11.8 Å². The van der Waals surface area contributed by atoms with Crippen molar-refractivity contribution < 1.29 is 18.4 Å². The highest BCUT2D eigenvalue weighted by molar-refractivity contribution is 7.80. The van der Waals surface area contributed by atoms with Crippen molar-refractivity contribution in [1.29, 1.82) is 0 Å². The largest absolute Gasteiger partial charge is 0.467 e. The molecule has 0 bridgehead atoms. The lowest BCUT2D eigenvalue weighted by Gasteiger charge is -2.37. The van der Waals surface area contributed by atoms with E-state index in [0.29, 0.717) is 50.6 Å². The minimum absolute atomic E-state index is 0.0192. The second kappa shape index (κ2) is 10.8. The third-order valence-electron chi connectivity index (χ3n) is 6.07. The van der Waals surface area contributed by atoms with Gasteiger partial charge in [0, 0.05) is 38.1 Å². The summed E-state index contributed by atoms with van der Waals surface area (Å²) in [7, 11) is 0. The minimum Gasteiger partial charge on any atom is -0.467 e. The van der Waals surface area contributed by atoms with E-state index in [1.807, 2.05) is 12.1 Å². The SMILES string of the molecule is O=C(CC[C@@H]1CNC(=O)[C@@H]2C[C@@H](NC(=S)NCc3ccco3)CN12)NCc1ccc(F)cc1. The normalized spacial score (nSPS) is 22.3. The lowest BCUT2D eigenvalue weighted by molar-refractivity contribution is -0.129. The Bertz CT molecular complexity index is 969. The van der Waals surface area contributed by atoms with Gasteiger partial charge >= 0.3 is 0 Å². The summed E-state index contributed by atoms with van der Waals surface area (Å²) in [4.78, 5) is 26.9. The van der Waals surface area contributed by atoms with Crippen molar-refractivity contribution in [2.24, 2.45) is 0 Å². The first-order chi connectivity index (χ1) is 16.0. The number of carbonyl (C=O) groups excluding carboxylic acids is 2. The molecule has 8 nitrogen and oxygen atoms in total. The molecular weight excluding hydrogens is 445 g/mol. The number of nitrogens with one attached hydrogen (secondary N) is 4. The smallest absolute Gasteiger partial charge is 0.237 e. The molecule has 4 rings (SSSR count). The summed E-state index contributed by atoms with van der Waals surface area (Å²) in [5.74, 6) is 0.447. The Labute approximate surface area is 197 Å². The second-order valence-corrected chi connectivity index (χ2v) is 8.80. The molecule has 2 aromatic rings. The molecule has 3 heterocycles. The monoisotopic (exact) mass is 473 g/mol. The van der Waals surface area contributed by atoms with E-state index in [-0.39, 0.29) is 35.8 Å². The Kier molecular flexibility index (Phi) is 7.56. The van der Waals surface area contributed by atoms with Crippen molar-refractivity contribution in [2.75, 3.05) is 13.1 Å². The van der Waals surface area contributed by atoms with Crippen LogP contribution >= 0.6 is 12.2 Å². The first-order valence-electron chi connectivity index (χ1n) is 11.1. The van der Waals surface area contributed by atoms with Crippen LogP contribution in [0.1, 0.15) is 30.6 Å². The molecule has 2 aliphatic heterocycles. The summed E-state index contributed by atoms with van der Waals surface area (Å²) in [5, 5.41) is 12.8. The van der Waals surface area contributed by atoms with Gasteiger partial charge in [0.25, 0.3) is 0 Å². The van der Waals surface area contributed by atoms with Gasteiger partial charge in [-0.15, -0.1) is 0 Å². The number of carbonyl (C=O) groups is 2. The van der Waals surface area contributed by atoms with Crippen molar-refractivity contribution in [1.82, 2.24) is 26.2 Å². The molecule has 1 aromatic heterocycles. The molecule has 2 saturated heterocycles. The summed E-state index contributed by atoms with van der Waals surface area (Å²) in [6, 6.07) is 9.66. The number of furan rings is 1. The molecule has 4 N–H and O–H groups in total. The van der Waals surface area contributed by atoms with E-state index in [0.717, 1.165) is 11.3 Å². The molecule has 2 aliphatic rings. The first kappa shape index (κ1) is 23.2.